The number of nitrogens with zero attached hydrogens (tertiary/aromatic N) is 2. The number of rotatable bonds is 6. The van der Waals surface area contributed by atoms with Crippen LogP contribution < -0.4 is 26.0 Å². The second-order valence-corrected chi connectivity index (χ2v) is 8.30. The van der Waals surface area contributed by atoms with Crippen molar-refractivity contribution in [2.24, 2.45) is 0 Å². The van der Waals surface area contributed by atoms with Crippen LogP contribution in [-0.2, 0) is 0 Å². The van der Waals surface area contributed by atoms with Gasteiger partial charge < -0.3 is 15.4 Å². The van der Waals surface area contributed by atoms with Crippen molar-refractivity contribution in [3.8, 4) is 16.2 Å². The number of urea groups is 1. The zero-order valence-electron chi connectivity index (χ0n) is 17.6. The molecule has 9 nitrogen and oxygen atoms in total. The van der Waals surface area contributed by atoms with E-state index >= 15 is 0 Å². The highest BCUT2D eigenvalue weighted by molar-refractivity contribution is 7.20. The van der Waals surface area contributed by atoms with Crippen molar-refractivity contribution < 1.29 is 14.3 Å². The van der Waals surface area contributed by atoms with Crippen LogP contribution in [0.2, 0.25) is 0 Å². The van der Waals surface area contributed by atoms with Gasteiger partial charge in [-0.1, -0.05) is 0 Å². The van der Waals surface area contributed by atoms with Gasteiger partial charge in [-0.3, -0.25) is 20.4 Å². The summed E-state index contributed by atoms with van der Waals surface area (Å²) in [6, 6.07) is 8.97. The second kappa shape index (κ2) is 10.2. The van der Waals surface area contributed by atoms with Crippen LogP contribution in [0.25, 0.3) is 10.4 Å². The van der Waals surface area contributed by atoms with Gasteiger partial charge in [0.05, 0.1) is 18.9 Å². The van der Waals surface area contributed by atoms with Crippen molar-refractivity contribution in [2.75, 3.05) is 30.8 Å². The summed E-state index contributed by atoms with van der Waals surface area (Å²) in [5.74, 6) is 0.858. The molecule has 0 unspecified atom stereocenters. The molecule has 0 radical (unpaired) electrons. The molecule has 1 aliphatic heterocycles. The number of nitrogens with one attached hydrogen (secondary N) is 4. The van der Waals surface area contributed by atoms with E-state index in [0.717, 1.165) is 42.1 Å². The third-order valence-electron chi connectivity index (χ3n) is 5.06. The fraction of sp³-hybridized carbons (Fsp3) is 0.273. The Balaban J connectivity index is 1.57. The SMILES string of the molecule is COc1ccc(-c2cc(C(=O)NC3CCNCC3)c(NC(=O)Nc3cnccn3)s2)cc1. The number of anilines is 2. The molecule has 2 aromatic heterocycles. The first-order chi connectivity index (χ1) is 15.6. The van der Waals surface area contributed by atoms with E-state index in [4.69, 9.17) is 4.74 Å². The smallest absolute Gasteiger partial charge is 0.325 e. The molecular weight excluding hydrogens is 428 g/mol. The Kier molecular flexibility index (Phi) is 6.93. The molecule has 4 rings (SSSR count). The molecule has 0 aliphatic carbocycles. The molecule has 166 valence electrons. The van der Waals surface area contributed by atoms with E-state index in [-0.39, 0.29) is 11.9 Å². The van der Waals surface area contributed by atoms with Gasteiger partial charge in [-0.05, 0) is 61.8 Å². The standard InChI is InChI=1S/C22H24N6O3S/c1-31-16-4-2-14(3-5-16)18-12-17(20(29)26-15-6-8-23-9-7-15)21(32-18)28-22(30)27-19-13-24-10-11-25-19/h2-5,10-13,15,23H,6-9H2,1H3,(H,26,29)(H2,25,27,28,30). The Hall–Kier alpha value is -3.50. The molecule has 32 heavy (non-hydrogen) atoms. The van der Waals surface area contributed by atoms with E-state index < -0.39 is 6.03 Å². The predicted octanol–water partition coefficient (Wildman–Crippen LogP) is 3.34. The molecule has 3 amide bonds. The van der Waals surface area contributed by atoms with Gasteiger partial charge in [0.15, 0.2) is 5.82 Å². The van der Waals surface area contributed by atoms with Crippen LogP contribution in [0.1, 0.15) is 23.2 Å². The van der Waals surface area contributed by atoms with Gasteiger partial charge in [0, 0.05) is 23.3 Å². The molecule has 4 N–H and O–H groups in total. The van der Waals surface area contributed by atoms with E-state index in [0.29, 0.717) is 16.4 Å². The topological polar surface area (TPSA) is 117 Å². The summed E-state index contributed by atoms with van der Waals surface area (Å²) in [6.07, 6.45) is 6.20. The van der Waals surface area contributed by atoms with Crippen LogP contribution in [0.4, 0.5) is 15.6 Å². The lowest BCUT2D eigenvalue weighted by atomic mass is 10.1. The highest BCUT2D eigenvalue weighted by atomic mass is 32.1. The lowest BCUT2D eigenvalue weighted by molar-refractivity contribution is 0.0931. The van der Waals surface area contributed by atoms with Crippen molar-refractivity contribution >= 4 is 34.1 Å². The van der Waals surface area contributed by atoms with Crippen LogP contribution in [0, 0.1) is 0 Å². The van der Waals surface area contributed by atoms with Gasteiger partial charge in [0.1, 0.15) is 10.8 Å². The van der Waals surface area contributed by atoms with Gasteiger partial charge in [-0.25, -0.2) is 9.78 Å². The number of hydrogen-bond acceptors (Lipinski definition) is 7. The zero-order chi connectivity index (χ0) is 22.3. The fourth-order valence-electron chi connectivity index (χ4n) is 3.39. The first-order valence-corrected chi connectivity index (χ1v) is 11.1. The maximum absolute atomic E-state index is 13.1. The summed E-state index contributed by atoms with van der Waals surface area (Å²) in [5.41, 5.74) is 1.35. The monoisotopic (exact) mass is 452 g/mol. The summed E-state index contributed by atoms with van der Waals surface area (Å²) in [7, 11) is 1.61. The van der Waals surface area contributed by atoms with Crippen molar-refractivity contribution in [3.63, 3.8) is 0 Å². The van der Waals surface area contributed by atoms with Gasteiger partial charge >= 0.3 is 6.03 Å². The molecule has 0 spiro atoms. The molecule has 0 atom stereocenters. The van der Waals surface area contributed by atoms with Gasteiger partial charge in [-0.2, -0.15) is 0 Å². The summed E-state index contributed by atoms with van der Waals surface area (Å²) < 4.78 is 5.22. The lowest BCUT2D eigenvalue weighted by Crippen LogP contribution is -2.42. The third-order valence-corrected chi connectivity index (χ3v) is 6.16. The first-order valence-electron chi connectivity index (χ1n) is 10.3. The average molecular weight is 453 g/mol. The number of ether oxygens (including phenoxy) is 1. The van der Waals surface area contributed by atoms with E-state index in [1.54, 1.807) is 13.2 Å². The molecule has 3 aromatic rings. The highest BCUT2D eigenvalue weighted by Gasteiger charge is 2.22. The number of amides is 3. The van der Waals surface area contributed by atoms with Crippen LogP contribution in [0.3, 0.4) is 0 Å². The lowest BCUT2D eigenvalue weighted by Gasteiger charge is -2.23. The van der Waals surface area contributed by atoms with Gasteiger partial charge in [-0.15, -0.1) is 11.3 Å². The number of methoxy groups -OCH3 is 1. The Morgan fingerprint density at radius 3 is 2.59 bits per heavy atom. The zero-order valence-corrected chi connectivity index (χ0v) is 18.4. The van der Waals surface area contributed by atoms with E-state index in [1.165, 1.54) is 29.9 Å². The van der Waals surface area contributed by atoms with E-state index in [1.807, 2.05) is 24.3 Å². The number of piperidine rings is 1. The average Bonchev–Trinajstić information content (AvgIpc) is 3.24. The van der Waals surface area contributed by atoms with Crippen molar-refractivity contribution in [1.82, 2.24) is 20.6 Å². The highest BCUT2D eigenvalue weighted by Crippen LogP contribution is 2.36. The van der Waals surface area contributed by atoms with E-state index in [2.05, 4.69) is 31.2 Å². The number of aromatic nitrogens is 2. The number of carbonyl (C=O) groups is 2. The minimum atomic E-state index is -0.496. The quantitative estimate of drug-likeness (QED) is 0.456. The predicted molar refractivity (Wildman–Crippen MR) is 124 cm³/mol. The third kappa shape index (κ3) is 5.40. The van der Waals surface area contributed by atoms with Gasteiger partial charge in [0.2, 0.25) is 0 Å². The molecule has 1 fully saturated rings. The Bertz CT molecular complexity index is 1070. The molecular formula is C22H24N6O3S. The van der Waals surface area contributed by atoms with Crippen molar-refractivity contribution in [3.05, 3.63) is 54.5 Å². The summed E-state index contributed by atoms with van der Waals surface area (Å²) >= 11 is 1.33. The molecule has 3 heterocycles. The minimum Gasteiger partial charge on any atom is -0.497 e. The van der Waals surface area contributed by atoms with E-state index in [9.17, 15) is 9.59 Å². The van der Waals surface area contributed by atoms with Crippen LogP contribution in [-0.4, -0.2) is 48.1 Å². The van der Waals surface area contributed by atoms with Crippen molar-refractivity contribution in [2.45, 2.75) is 18.9 Å². The maximum Gasteiger partial charge on any atom is 0.325 e. The number of hydrogen-bond donors (Lipinski definition) is 4. The summed E-state index contributed by atoms with van der Waals surface area (Å²) in [6.45, 7) is 1.74. The molecule has 10 heteroatoms. The van der Waals surface area contributed by atoms with Crippen LogP contribution >= 0.6 is 11.3 Å². The molecule has 0 saturated carbocycles. The fourth-order valence-corrected chi connectivity index (χ4v) is 4.45. The van der Waals surface area contributed by atoms with Gasteiger partial charge in [0.25, 0.3) is 5.91 Å². The molecule has 1 aromatic carbocycles. The Morgan fingerprint density at radius 2 is 1.91 bits per heavy atom. The summed E-state index contributed by atoms with van der Waals surface area (Å²) in [5, 5.41) is 12.3. The minimum absolute atomic E-state index is 0.106. The number of thiophene rings is 1. The molecule has 0 bridgehead atoms. The first kappa shape index (κ1) is 21.7. The summed E-state index contributed by atoms with van der Waals surface area (Å²) in [4.78, 5) is 34.4. The second-order valence-electron chi connectivity index (χ2n) is 7.25. The normalized spacial score (nSPS) is 13.9. The van der Waals surface area contributed by atoms with Crippen LogP contribution in [0.15, 0.2) is 48.9 Å². The molecule has 1 saturated heterocycles. The Morgan fingerprint density at radius 1 is 1.12 bits per heavy atom. The van der Waals surface area contributed by atoms with Crippen LogP contribution in [0.5, 0.6) is 5.75 Å². The Labute approximate surface area is 189 Å². The van der Waals surface area contributed by atoms with Crippen molar-refractivity contribution in [1.29, 1.82) is 0 Å². The number of carbonyl (C=O) groups excluding carboxylic acids is 2. The molecule has 1 aliphatic rings. The maximum atomic E-state index is 13.1. The number of benzene rings is 1. The largest absolute Gasteiger partial charge is 0.497 e.